The van der Waals surface area contributed by atoms with Gasteiger partial charge in [0.15, 0.2) is 0 Å². The number of nitrogens with one attached hydrogen (secondary N) is 1. The van der Waals surface area contributed by atoms with E-state index in [1.165, 1.54) is 30.2 Å². The quantitative estimate of drug-likeness (QED) is 0.664. The lowest BCUT2D eigenvalue weighted by atomic mass is 9.94. The first-order valence-electron chi connectivity index (χ1n) is 10.1. The smallest absolute Gasteiger partial charge is 0.252 e. The lowest BCUT2D eigenvalue weighted by Crippen LogP contribution is -2.39. The van der Waals surface area contributed by atoms with Crippen LogP contribution in [0.5, 0.6) is 0 Å². The minimum atomic E-state index is -3.46. The summed E-state index contributed by atoms with van der Waals surface area (Å²) in [6, 6.07) is 3.69. The average molecular weight is 448 g/mol. The summed E-state index contributed by atoms with van der Waals surface area (Å²) < 4.78 is 27.6. The van der Waals surface area contributed by atoms with E-state index in [2.05, 4.69) is 17.1 Å². The van der Waals surface area contributed by atoms with Gasteiger partial charge in [-0.2, -0.15) is 4.31 Å². The van der Waals surface area contributed by atoms with E-state index in [4.69, 9.17) is 11.6 Å². The van der Waals surface area contributed by atoms with Gasteiger partial charge in [0, 0.05) is 32.1 Å². The number of carbonyl (C=O) groups excluding carboxylic acids is 1. The molecule has 0 bridgehead atoms. The highest BCUT2D eigenvalue weighted by Crippen LogP contribution is 2.31. The second-order valence-corrected chi connectivity index (χ2v) is 11.7. The van der Waals surface area contributed by atoms with Crippen molar-refractivity contribution in [1.82, 2.24) is 14.5 Å². The van der Waals surface area contributed by atoms with Crippen LogP contribution in [0.15, 0.2) is 16.3 Å². The van der Waals surface area contributed by atoms with Gasteiger partial charge in [0.2, 0.25) is 5.91 Å². The number of piperidine rings is 1. The second kappa shape index (κ2) is 9.89. The zero-order chi connectivity index (χ0) is 20.1. The number of hydrogen-bond donors (Lipinski definition) is 1. The monoisotopic (exact) mass is 447 g/mol. The lowest BCUT2D eigenvalue weighted by Gasteiger charge is -2.30. The lowest BCUT2D eigenvalue weighted by molar-refractivity contribution is -0.122. The predicted molar refractivity (Wildman–Crippen MR) is 113 cm³/mol. The van der Waals surface area contributed by atoms with Crippen LogP contribution in [0.2, 0.25) is 4.34 Å². The summed E-state index contributed by atoms with van der Waals surface area (Å²) in [6.45, 7) is 6.21. The number of halogens is 1. The molecular weight excluding hydrogens is 418 g/mol. The summed E-state index contributed by atoms with van der Waals surface area (Å²) in [6.07, 6.45) is 5.46. The third kappa shape index (κ3) is 5.69. The molecule has 158 valence electrons. The normalized spacial score (nSPS) is 21.1. The van der Waals surface area contributed by atoms with Gasteiger partial charge in [-0.15, -0.1) is 11.3 Å². The van der Waals surface area contributed by atoms with Crippen LogP contribution in [0.25, 0.3) is 0 Å². The number of sulfonamides is 1. The zero-order valence-corrected chi connectivity index (χ0v) is 18.8. The number of nitrogens with zero attached hydrogens (tertiary/aromatic N) is 2. The number of rotatable bonds is 8. The highest BCUT2D eigenvalue weighted by Gasteiger charge is 2.31. The van der Waals surface area contributed by atoms with Gasteiger partial charge in [-0.1, -0.05) is 11.6 Å². The molecule has 3 rings (SSSR count). The molecule has 0 radical (unpaired) electrons. The minimum Gasteiger partial charge on any atom is -0.356 e. The maximum absolute atomic E-state index is 12.6. The van der Waals surface area contributed by atoms with Gasteiger partial charge < -0.3 is 10.2 Å². The molecule has 0 spiro atoms. The Balaban J connectivity index is 1.37. The molecule has 2 aliphatic rings. The Bertz CT molecular complexity index is 754. The number of carbonyl (C=O) groups is 1. The number of hydrogen-bond acceptors (Lipinski definition) is 5. The molecule has 1 unspecified atom stereocenters. The molecule has 2 aliphatic heterocycles. The van der Waals surface area contributed by atoms with E-state index in [-0.39, 0.29) is 11.8 Å². The van der Waals surface area contributed by atoms with Crippen LogP contribution in [-0.4, -0.2) is 62.3 Å². The predicted octanol–water partition coefficient (Wildman–Crippen LogP) is 3.18. The standard InChI is InChI=1S/C19H30ClN3O3S2/c1-15(22-10-2-3-11-22)6-9-21-18(24)14-16-7-12-23(13-8-16)28(25,26)19-5-4-17(20)27-19/h4-5,15-16H,2-3,6-14H2,1H3,(H,21,24). The van der Waals surface area contributed by atoms with Crippen molar-refractivity contribution in [2.75, 3.05) is 32.7 Å². The molecule has 9 heteroatoms. The van der Waals surface area contributed by atoms with Crippen molar-refractivity contribution in [3.8, 4) is 0 Å². The number of amides is 1. The van der Waals surface area contributed by atoms with Crippen molar-refractivity contribution in [2.24, 2.45) is 5.92 Å². The fraction of sp³-hybridized carbons (Fsp3) is 0.737. The van der Waals surface area contributed by atoms with Crippen molar-refractivity contribution in [3.63, 3.8) is 0 Å². The van der Waals surface area contributed by atoms with Gasteiger partial charge in [0.1, 0.15) is 4.21 Å². The van der Waals surface area contributed by atoms with Gasteiger partial charge in [-0.3, -0.25) is 4.79 Å². The molecule has 2 fully saturated rings. The van der Waals surface area contributed by atoms with Crippen LogP contribution >= 0.6 is 22.9 Å². The van der Waals surface area contributed by atoms with Crippen LogP contribution in [-0.2, 0) is 14.8 Å². The fourth-order valence-electron chi connectivity index (χ4n) is 4.04. The number of thiophene rings is 1. The fourth-order valence-corrected chi connectivity index (χ4v) is 7.14. The highest BCUT2D eigenvalue weighted by atomic mass is 35.5. The van der Waals surface area contributed by atoms with Gasteiger partial charge in [-0.05, 0) is 70.2 Å². The molecule has 0 aliphatic carbocycles. The van der Waals surface area contributed by atoms with Crippen molar-refractivity contribution in [3.05, 3.63) is 16.5 Å². The zero-order valence-electron chi connectivity index (χ0n) is 16.4. The summed E-state index contributed by atoms with van der Waals surface area (Å²) in [5.74, 6) is 0.328. The van der Waals surface area contributed by atoms with Gasteiger partial charge >= 0.3 is 0 Å². The van der Waals surface area contributed by atoms with E-state index in [9.17, 15) is 13.2 Å². The van der Waals surface area contributed by atoms with Crippen LogP contribution in [0.4, 0.5) is 0 Å². The van der Waals surface area contributed by atoms with E-state index in [1.54, 1.807) is 12.1 Å². The van der Waals surface area contributed by atoms with E-state index in [0.29, 0.717) is 40.6 Å². The SMILES string of the molecule is CC(CCNC(=O)CC1CCN(S(=O)(=O)c2ccc(Cl)s2)CC1)N1CCCC1. The molecule has 1 aromatic heterocycles. The van der Waals surface area contributed by atoms with Crippen LogP contribution in [0.3, 0.4) is 0 Å². The summed E-state index contributed by atoms with van der Waals surface area (Å²) in [5, 5.41) is 3.04. The van der Waals surface area contributed by atoms with E-state index in [1.807, 2.05) is 0 Å². The third-order valence-electron chi connectivity index (χ3n) is 5.84. The Morgan fingerprint density at radius 1 is 1.25 bits per heavy atom. The Kier molecular flexibility index (Phi) is 7.78. The first kappa shape index (κ1) is 22.0. The first-order valence-corrected chi connectivity index (χ1v) is 12.8. The minimum absolute atomic E-state index is 0.0833. The van der Waals surface area contributed by atoms with Gasteiger partial charge in [-0.25, -0.2) is 8.42 Å². The Morgan fingerprint density at radius 2 is 1.93 bits per heavy atom. The topological polar surface area (TPSA) is 69.7 Å². The van der Waals surface area contributed by atoms with Crippen LogP contribution < -0.4 is 5.32 Å². The van der Waals surface area contributed by atoms with Gasteiger partial charge in [0.05, 0.1) is 4.34 Å². The van der Waals surface area contributed by atoms with Crippen molar-refractivity contribution < 1.29 is 13.2 Å². The molecule has 28 heavy (non-hydrogen) atoms. The van der Waals surface area contributed by atoms with Crippen LogP contribution in [0.1, 0.15) is 45.4 Å². The maximum Gasteiger partial charge on any atom is 0.252 e. The summed E-state index contributed by atoms with van der Waals surface area (Å²) in [4.78, 5) is 14.7. The Labute approximate surface area is 177 Å². The number of likely N-dealkylation sites (tertiary alicyclic amines) is 1. The molecular formula is C19H30ClN3O3S2. The Hall–Kier alpha value is -0.670. The van der Waals surface area contributed by atoms with Crippen molar-refractivity contribution in [1.29, 1.82) is 0 Å². The first-order chi connectivity index (χ1) is 13.4. The van der Waals surface area contributed by atoms with Crippen LogP contribution in [0, 0.1) is 5.92 Å². The summed E-state index contributed by atoms with van der Waals surface area (Å²) >= 11 is 6.96. The molecule has 1 N–H and O–H groups in total. The third-order valence-corrected chi connectivity index (χ3v) is 9.44. The van der Waals surface area contributed by atoms with E-state index in [0.717, 1.165) is 30.6 Å². The second-order valence-electron chi connectivity index (χ2n) is 7.84. The highest BCUT2D eigenvalue weighted by molar-refractivity contribution is 7.91. The molecule has 0 aromatic carbocycles. The largest absolute Gasteiger partial charge is 0.356 e. The molecule has 1 atom stereocenters. The molecule has 1 aromatic rings. The molecule has 0 saturated carbocycles. The maximum atomic E-state index is 12.6. The molecule has 3 heterocycles. The molecule has 2 saturated heterocycles. The van der Waals surface area contributed by atoms with Gasteiger partial charge in [0.25, 0.3) is 10.0 Å². The van der Waals surface area contributed by atoms with Crippen molar-refractivity contribution >= 4 is 38.9 Å². The molecule has 6 nitrogen and oxygen atoms in total. The molecule has 1 amide bonds. The average Bonchev–Trinajstić information content (AvgIpc) is 3.34. The van der Waals surface area contributed by atoms with Crippen molar-refractivity contribution in [2.45, 2.75) is 55.7 Å². The van der Waals surface area contributed by atoms with E-state index >= 15 is 0 Å². The van der Waals surface area contributed by atoms with E-state index < -0.39 is 10.0 Å². The summed E-state index contributed by atoms with van der Waals surface area (Å²) in [5.41, 5.74) is 0. The summed E-state index contributed by atoms with van der Waals surface area (Å²) in [7, 11) is -3.46. The Morgan fingerprint density at radius 3 is 2.54 bits per heavy atom.